The van der Waals surface area contributed by atoms with Crippen molar-refractivity contribution in [3.63, 3.8) is 0 Å². The van der Waals surface area contributed by atoms with E-state index in [1.165, 1.54) is 30.2 Å². The summed E-state index contributed by atoms with van der Waals surface area (Å²) in [6, 6.07) is 10.4. The number of nitrogens with zero attached hydrogens (tertiary/aromatic N) is 2. The van der Waals surface area contributed by atoms with Crippen LogP contribution in [0.15, 0.2) is 41.3 Å². The molecule has 28 heavy (non-hydrogen) atoms. The number of phenols is 1. The minimum Gasteiger partial charge on any atom is -0.500 e. The Bertz CT molecular complexity index is 1000. The number of hydrogen-bond donors (Lipinski definition) is 1. The molecule has 0 atom stereocenters. The van der Waals surface area contributed by atoms with Crippen LogP contribution in [-0.4, -0.2) is 32.3 Å². The average Bonchev–Trinajstić information content (AvgIpc) is 2.91. The van der Waals surface area contributed by atoms with E-state index < -0.39 is 16.4 Å². The zero-order valence-corrected chi connectivity index (χ0v) is 16.7. The average molecular weight is 416 g/mol. The lowest BCUT2D eigenvalue weighted by molar-refractivity contribution is -0.386. The molecule has 3 rings (SSSR count). The van der Waals surface area contributed by atoms with Gasteiger partial charge in [-0.1, -0.05) is 53.8 Å². The number of thiocarbonyl (C=S) groups is 1. The zero-order valence-electron chi connectivity index (χ0n) is 15.0. The summed E-state index contributed by atoms with van der Waals surface area (Å²) in [5.41, 5.74) is 1.93. The number of methoxy groups -OCH3 is 1. The first-order valence-electron chi connectivity index (χ1n) is 8.16. The molecule has 1 amide bonds. The van der Waals surface area contributed by atoms with Gasteiger partial charge in [-0.25, -0.2) is 0 Å². The fraction of sp³-hybridized carbons (Fsp3) is 0.158. The maximum atomic E-state index is 12.8. The number of amides is 1. The number of aromatic hydroxyl groups is 1. The Balaban J connectivity index is 1.90. The van der Waals surface area contributed by atoms with E-state index in [0.717, 1.165) is 22.9 Å². The molecular weight excluding hydrogens is 400 g/mol. The fourth-order valence-corrected chi connectivity index (χ4v) is 3.91. The molecule has 0 saturated carbocycles. The SMILES string of the molecule is COc1cc(/C=C2\SC(=S)N(Cc3ccc(C)cc3)C2=O)cc([N+](=O)[O-])c1O. The van der Waals surface area contributed by atoms with Gasteiger partial charge in [0.15, 0.2) is 5.75 Å². The van der Waals surface area contributed by atoms with Gasteiger partial charge in [0.2, 0.25) is 5.75 Å². The van der Waals surface area contributed by atoms with Gasteiger partial charge < -0.3 is 9.84 Å². The van der Waals surface area contributed by atoms with Gasteiger partial charge in [-0.15, -0.1) is 0 Å². The van der Waals surface area contributed by atoms with Gasteiger partial charge in [-0.2, -0.15) is 0 Å². The number of phenolic OH excluding ortho intramolecular Hbond substituents is 1. The standard InChI is InChI=1S/C19H16N2O5S2/c1-11-3-5-12(6-4-11)10-20-18(23)16(28-19(20)27)9-13-7-14(21(24)25)17(22)15(8-13)26-2/h3-9,22H,10H2,1-2H3/b16-9-. The Labute approximate surface area is 170 Å². The Kier molecular flexibility index (Phi) is 5.66. The lowest BCUT2D eigenvalue weighted by Crippen LogP contribution is -2.27. The van der Waals surface area contributed by atoms with Crippen molar-refractivity contribution >= 4 is 46.0 Å². The van der Waals surface area contributed by atoms with E-state index in [1.54, 1.807) is 0 Å². The fourth-order valence-electron chi connectivity index (χ4n) is 2.66. The van der Waals surface area contributed by atoms with Gasteiger partial charge >= 0.3 is 5.69 Å². The second-order valence-electron chi connectivity index (χ2n) is 6.10. The quantitative estimate of drug-likeness (QED) is 0.341. The molecule has 1 fully saturated rings. The first-order chi connectivity index (χ1) is 13.3. The summed E-state index contributed by atoms with van der Waals surface area (Å²) < 4.78 is 5.40. The van der Waals surface area contributed by atoms with Crippen LogP contribution in [0.1, 0.15) is 16.7 Å². The predicted molar refractivity (Wildman–Crippen MR) is 111 cm³/mol. The number of thioether (sulfide) groups is 1. The second-order valence-corrected chi connectivity index (χ2v) is 7.78. The van der Waals surface area contributed by atoms with Crippen molar-refractivity contribution in [2.45, 2.75) is 13.5 Å². The third kappa shape index (κ3) is 4.00. The third-order valence-corrected chi connectivity index (χ3v) is 5.50. The molecule has 1 aliphatic heterocycles. The van der Waals surface area contributed by atoms with Gasteiger partial charge in [0.25, 0.3) is 5.91 Å². The predicted octanol–water partition coefficient (Wildman–Crippen LogP) is 4.02. The summed E-state index contributed by atoms with van der Waals surface area (Å²) in [6.07, 6.45) is 1.50. The maximum Gasteiger partial charge on any atom is 0.315 e. The topological polar surface area (TPSA) is 92.9 Å². The van der Waals surface area contributed by atoms with Crippen LogP contribution < -0.4 is 4.74 Å². The molecule has 1 N–H and O–H groups in total. The molecule has 9 heteroatoms. The van der Waals surface area contributed by atoms with E-state index in [4.69, 9.17) is 17.0 Å². The third-order valence-electron chi connectivity index (χ3n) is 4.13. The van der Waals surface area contributed by atoms with Gasteiger partial charge in [0, 0.05) is 6.07 Å². The maximum absolute atomic E-state index is 12.8. The first-order valence-corrected chi connectivity index (χ1v) is 9.39. The molecule has 0 unspecified atom stereocenters. The van der Waals surface area contributed by atoms with E-state index in [-0.39, 0.29) is 11.7 Å². The van der Waals surface area contributed by atoms with Crippen LogP contribution in [0.2, 0.25) is 0 Å². The molecule has 0 aliphatic carbocycles. The van der Waals surface area contributed by atoms with E-state index >= 15 is 0 Å². The van der Waals surface area contributed by atoms with E-state index in [1.807, 2.05) is 31.2 Å². The van der Waals surface area contributed by atoms with Crippen LogP contribution in [0.3, 0.4) is 0 Å². The number of rotatable bonds is 5. The Morgan fingerprint density at radius 3 is 2.61 bits per heavy atom. The highest BCUT2D eigenvalue weighted by Crippen LogP contribution is 2.39. The lowest BCUT2D eigenvalue weighted by atomic mass is 10.1. The number of nitro groups is 1. The first kappa shape index (κ1) is 19.8. The normalized spacial score (nSPS) is 15.4. The molecule has 0 aromatic heterocycles. The van der Waals surface area contributed by atoms with Gasteiger partial charge in [-0.05, 0) is 30.2 Å². The smallest absolute Gasteiger partial charge is 0.315 e. The summed E-state index contributed by atoms with van der Waals surface area (Å²) in [5, 5.41) is 21.0. The van der Waals surface area contributed by atoms with Crippen molar-refractivity contribution < 1.29 is 19.6 Å². The number of hydrogen-bond acceptors (Lipinski definition) is 7. The number of ether oxygens (including phenoxy) is 1. The Morgan fingerprint density at radius 1 is 1.32 bits per heavy atom. The van der Waals surface area contributed by atoms with Crippen LogP contribution in [0.4, 0.5) is 5.69 Å². The van der Waals surface area contributed by atoms with Crippen molar-refractivity contribution in [2.75, 3.05) is 7.11 Å². The summed E-state index contributed by atoms with van der Waals surface area (Å²) in [4.78, 5) is 25.0. The van der Waals surface area contributed by atoms with Crippen molar-refractivity contribution in [3.8, 4) is 11.5 Å². The molecule has 0 spiro atoms. The Hall–Kier alpha value is -2.91. The minimum atomic E-state index is -0.711. The van der Waals surface area contributed by atoms with E-state index in [2.05, 4.69) is 0 Å². The summed E-state index contributed by atoms with van der Waals surface area (Å²) in [7, 11) is 1.30. The van der Waals surface area contributed by atoms with Crippen LogP contribution >= 0.6 is 24.0 Å². The van der Waals surface area contributed by atoms with Crippen molar-refractivity contribution in [1.29, 1.82) is 0 Å². The van der Waals surface area contributed by atoms with E-state index in [0.29, 0.717) is 21.3 Å². The highest BCUT2D eigenvalue weighted by molar-refractivity contribution is 8.26. The molecule has 2 aromatic carbocycles. The summed E-state index contributed by atoms with van der Waals surface area (Å²) in [5.74, 6) is -0.877. The summed E-state index contributed by atoms with van der Waals surface area (Å²) >= 11 is 6.45. The van der Waals surface area contributed by atoms with Crippen molar-refractivity contribution in [2.24, 2.45) is 0 Å². The molecule has 1 aliphatic rings. The summed E-state index contributed by atoms with van der Waals surface area (Å²) in [6.45, 7) is 2.33. The van der Waals surface area contributed by atoms with Crippen molar-refractivity contribution in [3.05, 3.63) is 68.1 Å². The van der Waals surface area contributed by atoms with E-state index in [9.17, 15) is 20.0 Å². The van der Waals surface area contributed by atoms with Crippen LogP contribution in [0.25, 0.3) is 6.08 Å². The number of carbonyl (C=O) groups excluding carboxylic acids is 1. The molecular formula is C19H16N2O5S2. The number of nitro benzene ring substituents is 1. The number of aryl methyl sites for hydroxylation is 1. The molecule has 0 bridgehead atoms. The Morgan fingerprint density at radius 2 is 2.00 bits per heavy atom. The molecule has 0 radical (unpaired) electrons. The molecule has 1 heterocycles. The highest BCUT2D eigenvalue weighted by Gasteiger charge is 2.32. The minimum absolute atomic E-state index is 0.0458. The largest absolute Gasteiger partial charge is 0.500 e. The monoisotopic (exact) mass is 416 g/mol. The molecule has 1 saturated heterocycles. The van der Waals surface area contributed by atoms with Gasteiger partial charge in [-0.3, -0.25) is 19.8 Å². The number of benzene rings is 2. The molecule has 7 nitrogen and oxygen atoms in total. The van der Waals surface area contributed by atoms with Gasteiger partial charge in [0.05, 0.1) is 23.5 Å². The second kappa shape index (κ2) is 7.99. The molecule has 144 valence electrons. The zero-order chi connectivity index (χ0) is 20.4. The van der Waals surface area contributed by atoms with Crippen LogP contribution in [-0.2, 0) is 11.3 Å². The highest BCUT2D eigenvalue weighted by atomic mass is 32.2. The number of carbonyl (C=O) groups is 1. The van der Waals surface area contributed by atoms with Gasteiger partial charge in [0.1, 0.15) is 4.32 Å². The lowest BCUT2D eigenvalue weighted by Gasteiger charge is -2.14. The van der Waals surface area contributed by atoms with Crippen LogP contribution in [0.5, 0.6) is 11.5 Å². The molecule has 2 aromatic rings. The van der Waals surface area contributed by atoms with Crippen LogP contribution in [0, 0.1) is 17.0 Å². The van der Waals surface area contributed by atoms with Crippen molar-refractivity contribution in [1.82, 2.24) is 4.90 Å².